The molecule has 1 aliphatic rings. The first kappa shape index (κ1) is 11.7. The lowest BCUT2D eigenvalue weighted by Crippen LogP contribution is -2.35. The zero-order valence-electron chi connectivity index (χ0n) is 7.89. The zero-order valence-corrected chi connectivity index (χ0v) is 9.53. The molecule has 14 heavy (non-hydrogen) atoms. The number of hydrogen-bond acceptors (Lipinski definition) is 5. The van der Waals surface area contributed by atoms with E-state index in [2.05, 4.69) is 0 Å². The van der Waals surface area contributed by atoms with Gasteiger partial charge in [-0.3, -0.25) is 9.59 Å². The first-order valence-corrected chi connectivity index (χ1v) is 6.50. The highest BCUT2D eigenvalue weighted by Gasteiger charge is 2.26. The Kier molecular flexibility index (Phi) is 4.60. The molecular weight excluding hydrogens is 222 g/mol. The van der Waals surface area contributed by atoms with Gasteiger partial charge in [-0.1, -0.05) is 0 Å². The van der Waals surface area contributed by atoms with Crippen molar-refractivity contribution in [2.45, 2.75) is 18.3 Å². The van der Waals surface area contributed by atoms with Gasteiger partial charge in [0.05, 0.1) is 0 Å². The molecule has 1 amide bonds. The van der Waals surface area contributed by atoms with Crippen molar-refractivity contribution in [2.24, 2.45) is 5.73 Å². The highest BCUT2D eigenvalue weighted by molar-refractivity contribution is 8.07. The van der Waals surface area contributed by atoms with E-state index in [1.165, 1.54) is 6.92 Å². The maximum Gasteiger partial charge on any atom is 0.320 e. The molecule has 0 spiro atoms. The summed E-state index contributed by atoms with van der Waals surface area (Å²) in [5, 5.41) is -0.143. The van der Waals surface area contributed by atoms with Crippen LogP contribution in [0.2, 0.25) is 0 Å². The van der Waals surface area contributed by atoms with Crippen molar-refractivity contribution in [1.29, 1.82) is 0 Å². The van der Waals surface area contributed by atoms with Crippen LogP contribution in [0, 0.1) is 0 Å². The Balaban J connectivity index is 2.36. The summed E-state index contributed by atoms with van der Waals surface area (Å²) in [6, 6.07) is 0. The second-order valence-corrected chi connectivity index (χ2v) is 5.38. The van der Waals surface area contributed by atoms with Gasteiger partial charge in [-0.15, -0.1) is 11.8 Å². The van der Waals surface area contributed by atoms with Gasteiger partial charge in [0, 0.05) is 17.3 Å². The molecule has 1 rings (SSSR count). The van der Waals surface area contributed by atoms with E-state index in [1.54, 1.807) is 23.5 Å². The van der Waals surface area contributed by atoms with Crippen molar-refractivity contribution in [3.63, 3.8) is 0 Å². The molecule has 2 atom stereocenters. The molecule has 6 heteroatoms. The summed E-state index contributed by atoms with van der Waals surface area (Å²) in [7, 11) is 0. The minimum absolute atomic E-state index is 0.143. The molecule has 2 N–H and O–H groups in total. The van der Waals surface area contributed by atoms with Crippen molar-refractivity contribution >= 4 is 35.4 Å². The van der Waals surface area contributed by atoms with E-state index in [0.717, 1.165) is 17.3 Å². The standard InChI is InChI=1S/C8H13NO3S2/c1-5(7(9)10)12-8(11)6-4-13-2-3-14-6/h5-6H,2-4H2,1H3,(H2,9,10). The van der Waals surface area contributed by atoms with Crippen molar-refractivity contribution in [2.75, 3.05) is 17.3 Å². The number of carbonyl (C=O) groups excluding carboxylic acids is 2. The summed E-state index contributed by atoms with van der Waals surface area (Å²) >= 11 is 3.31. The van der Waals surface area contributed by atoms with Gasteiger partial charge >= 0.3 is 5.97 Å². The minimum Gasteiger partial charge on any atom is -0.452 e. The Bertz CT molecular complexity index is 229. The van der Waals surface area contributed by atoms with E-state index in [9.17, 15) is 9.59 Å². The number of amides is 1. The molecule has 0 aromatic carbocycles. The highest BCUT2D eigenvalue weighted by atomic mass is 32.2. The second kappa shape index (κ2) is 5.50. The van der Waals surface area contributed by atoms with Gasteiger partial charge < -0.3 is 10.5 Å². The predicted molar refractivity (Wildman–Crippen MR) is 58.3 cm³/mol. The lowest BCUT2D eigenvalue weighted by atomic mass is 10.4. The van der Waals surface area contributed by atoms with E-state index in [-0.39, 0.29) is 11.2 Å². The molecule has 4 nitrogen and oxygen atoms in total. The van der Waals surface area contributed by atoms with Crippen LogP contribution in [-0.2, 0) is 14.3 Å². The Hall–Kier alpha value is -0.360. The topological polar surface area (TPSA) is 69.4 Å². The third kappa shape index (κ3) is 3.42. The van der Waals surface area contributed by atoms with Gasteiger partial charge in [0.25, 0.3) is 5.91 Å². The number of thioether (sulfide) groups is 2. The van der Waals surface area contributed by atoms with Gasteiger partial charge in [-0.2, -0.15) is 11.8 Å². The van der Waals surface area contributed by atoms with Crippen LogP contribution in [0.15, 0.2) is 0 Å². The number of rotatable bonds is 3. The van der Waals surface area contributed by atoms with Gasteiger partial charge in [0.2, 0.25) is 0 Å². The third-order valence-electron chi connectivity index (χ3n) is 1.77. The smallest absolute Gasteiger partial charge is 0.320 e. The average Bonchev–Trinajstić information content (AvgIpc) is 2.19. The molecule has 80 valence electrons. The van der Waals surface area contributed by atoms with Crippen LogP contribution >= 0.6 is 23.5 Å². The molecule has 0 saturated carbocycles. The minimum atomic E-state index is -0.824. The predicted octanol–water partition coefficient (Wildman–Crippen LogP) is 0.252. The molecular formula is C8H13NO3S2. The summed E-state index contributed by atoms with van der Waals surface area (Å²) in [5.41, 5.74) is 4.99. The van der Waals surface area contributed by atoms with Crippen molar-refractivity contribution in [3.05, 3.63) is 0 Å². The Morgan fingerprint density at radius 1 is 1.50 bits per heavy atom. The van der Waals surface area contributed by atoms with E-state index in [1.807, 2.05) is 0 Å². The number of nitrogens with two attached hydrogens (primary N) is 1. The van der Waals surface area contributed by atoms with Gasteiger partial charge in [-0.25, -0.2) is 0 Å². The first-order chi connectivity index (χ1) is 6.61. The molecule has 0 aromatic rings. The summed E-state index contributed by atoms with van der Waals surface area (Å²) < 4.78 is 4.90. The number of ether oxygens (including phenoxy) is 1. The van der Waals surface area contributed by atoms with Crippen LogP contribution < -0.4 is 5.73 Å². The van der Waals surface area contributed by atoms with E-state index < -0.39 is 12.0 Å². The SMILES string of the molecule is CC(OC(=O)C1CSCCS1)C(N)=O. The third-order valence-corrected chi connectivity index (χ3v) is 4.50. The molecule has 1 heterocycles. The summed E-state index contributed by atoms with van der Waals surface area (Å²) in [5.74, 6) is 1.85. The van der Waals surface area contributed by atoms with Gasteiger partial charge in [0.1, 0.15) is 5.25 Å². The Morgan fingerprint density at radius 3 is 2.71 bits per heavy atom. The lowest BCUT2D eigenvalue weighted by molar-refractivity contribution is -0.152. The number of carbonyl (C=O) groups is 2. The molecule has 0 aliphatic carbocycles. The van der Waals surface area contributed by atoms with Gasteiger partial charge in [-0.05, 0) is 6.92 Å². The molecule has 1 fully saturated rings. The van der Waals surface area contributed by atoms with E-state index in [4.69, 9.17) is 10.5 Å². The van der Waals surface area contributed by atoms with Crippen LogP contribution in [0.4, 0.5) is 0 Å². The summed E-state index contributed by atoms with van der Waals surface area (Å²) in [6.07, 6.45) is -0.824. The van der Waals surface area contributed by atoms with Crippen LogP contribution in [0.3, 0.4) is 0 Å². The van der Waals surface area contributed by atoms with Crippen LogP contribution in [0.5, 0.6) is 0 Å². The summed E-state index contributed by atoms with van der Waals surface area (Å²) in [4.78, 5) is 22.1. The highest BCUT2D eigenvalue weighted by Crippen LogP contribution is 2.25. The largest absolute Gasteiger partial charge is 0.452 e. The number of hydrogen-bond donors (Lipinski definition) is 1. The maximum atomic E-state index is 11.4. The lowest BCUT2D eigenvalue weighted by Gasteiger charge is -2.20. The quantitative estimate of drug-likeness (QED) is 0.710. The molecule has 0 aromatic heterocycles. The second-order valence-electron chi connectivity index (χ2n) is 2.92. The van der Waals surface area contributed by atoms with E-state index >= 15 is 0 Å². The van der Waals surface area contributed by atoms with E-state index in [0.29, 0.717) is 0 Å². The van der Waals surface area contributed by atoms with Crippen molar-refractivity contribution < 1.29 is 14.3 Å². The summed E-state index contributed by atoms with van der Waals surface area (Å²) in [6.45, 7) is 1.49. The van der Waals surface area contributed by atoms with Crippen molar-refractivity contribution in [1.82, 2.24) is 0 Å². The molecule has 1 aliphatic heterocycles. The average molecular weight is 235 g/mol. The monoisotopic (exact) mass is 235 g/mol. The number of primary amides is 1. The van der Waals surface area contributed by atoms with Gasteiger partial charge in [0.15, 0.2) is 6.10 Å². The fourth-order valence-electron chi connectivity index (χ4n) is 0.932. The van der Waals surface area contributed by atoms with Crippen molar-refractivity contribution in [3.8, 4) is 0 Å². The van der Waals surface area contributed by atoms with Crippen LogP contribution in [0.1, 0.15) is 6.92 Å². The Labute approximate surface area is 91.3 Å². The molecule has 0 radical (unpaired) electrons. The molecule has 1 saturated heterocycles. The van der Waals surface area contributed by atoms with Crippen LogP contribution in [0.25, 0.3) is 0 Å². The zero-order chi connectivity index (χ0) is 10.6. The normalized spacial score (nSPS) is 23.9. The fourth-order valence-corrected chi connectivity index (χ4v) is 3.45. The number of esters is 1. The Morgan fingerprint density at radius 2 is 2.21 bits per heavy atom. The maximum absolute atomic E-state index is 11.4. The fraction of sp³-hybridized carbons (Fsp3) is 0.750. The first-order valence-electron chi connectivity index (χ1n) is 4.30. The molecule has 2 unspecified atom stereocenters. The van der Waals surface area contributed by atoms with Crippen LogP contribution in [-0.4, -0.2) is 40.5 Å². The molecule has 0 bridgehead atoms.